The summed E-state index contributed by atoms with van der Waals surface area (Å²) in [5.74, 6) is 0. The third-order valence-electron chi connectivity index (χ3n) is 3.73. The van der Waals surface area contributed by atoms with Gasteiger partial charge in [-0.05, 0) is 59.6 Å². The number of rotatable bonds is 2. The Hall–Kier alpha value is -1.78. The predicted octanol–water partition coefficient (Wildman–Crippen LogP) is 3.51. The molecule has 1 aliphatic heterocycles. The fraction of sp³-hybridized carbons (Fsp3) is 0.647. The lowest BCUT2D eigenvalue weighted by atomic mass is 10.0. The molecule has 2 rings (SSSR count). The van der Waals surface area contributed by atoms with E-state index in [1.165, 1.54) is 0 Å². The number of piperidine rings is 1. The number of pyridine rings is 1. The number of likely N-dealkylation sites (tertiary alicyclic amines) is 1. The smallest absolute Gasteiger partial charge is 0.410 e. The molecular formula is C17H27N3O2. The summed E-state index contributed by atoms with van der Waals surface area (Å²) in [6.07, 6.45) is 1.64. The Balaban J connectivity index is 1.86. The van der Waals surface area contributed by atoms with Crippen LogP contribution in [0.5, 0.6) is 0 Å². The Morgan fingerprint density at radius 1 is 1.27 bits per heavy atom. The van der Waals surface area contributed by atoms with Crippen LogP contribution in [0.1, 0.15) is 45.0 Å². The average molecular weight is 305 g/mol. The number of hydrogen-bond donors (Lipinski definition) is 1. The molecule has 0 bridgehead atoms. The highest BCUT2D eigenvalue weighted by Gasteiger charge is 2.26. The monoisotopic (exact) mass is 305 g/mol. The standard InChI is InChI=1S/C17H27N3O2/c1-12-6-7-15(13(2)18-12)19-14-8-10-20(11-9-14)16(21)22-17(3,4)5/h6-7,14,19H,8-11H2,1-5H3. The van der Waals surface area contributed by atoms with Crippen molar-refractivity contribution in [3.8, 4) is 0 Å². The summed E-state index contributed by atoms with van der Waals surface area (Å²) >= 11 is 0. The zero-order chi connectivity index (χ0) is 16.3. The van der Waals surface area contributed by atoms with Crippen LogP contribution in [0.4, 0.5) is 10.5 Å². The lowest BCUT2D eigenvalue weighted by molar-refractivity contribution is 0.0210. The normalized spacial score (nSPS) is 16.5. The second-order valence-corrected chi connectivity index (χ2v) is 6.97. The highest BCUT2D eigenvalue weighted by atomic mass is 16.6. The van der Waals surface area contributed by atoms with Gasteiger partial charge in [0.15, 0.2) is 0 Å². The predicted molar refractivity (Wildman–Crippen MR) is 88.2 cm³/mol. The highest BCUT2D eigenvalue weighted by Crippen LogP contribution is 2.20. The van der Waals surface area contributed by atoms with Crippen LogP contribution >= 0.6 is 0 Å². The van der Waals surface area contributed by atoms with Crippen molar-refractivity contribution in [3.63, 3.8) is 0 Å². The molecule has 1 saturated heterocycles. The Kier molecular flexibility index (Phi) is 4.94. The Morgan fingerprint density at radius 2 is 1.91 bits per heavy atom. The number of amides is 1. The fourth-order valence-corrected chi connectivity index (χ4v) is 2.59. The van der Waals surface area contributed by atoms with Crippen LogP contribution in [0.2, 0.25) is 0 Å². The van der Waals surface area contributed by atoms with Crippen LogP contribution in [0.15, 0.2) is 12.1 Å². The zero-order valence-electron chi connectivity index (χ0n) is 14.3. The Labute approximate surface area is 133 Å². The number of aromatic nitrogens is 1. The molecule has 0 spiro atoms. The first-order valence-electron chi connectivity index (χ1n) is 7.93. The molecule has 0 saturated carbocycles. The SMILES string of the molecule is Cc1ccc(NC2CCN(C(=O)OC(C)(C)C)CC2)c(C)n1. The van der Waals surface area contributed by atoms with E-state index in [1.54, 1.807) is 4.90 Å². The Morgan fingerprint density at radius 3 is 2.45 bits per heavy atom. The van der Waals surface area contributed by atoms with Gasteiger partial charge in [0, 0.05) is 24.8 Å². The molecule has 0 unspecified atom stereocenters. The van der Waals surface area contributed by atoms with Crippen LogP contribution < -0.4 is 5.32 Å². The molecule has 22 heavy (non-hydrogen) atoms. The molecule has 0 radical (unpaired) electrons. The van der Waals surface area contributed by atoms with E-state index in [1.807, 2.05) is 40.7 Å². The van der Waals surface area contributed by atoms with Gasteiger partial charge in [0.2, 0.25) is 0 Å². The molecule has 1 fully saturated rings. The van der Waals surface area contributed by atoms with Gasteiger partial charge in [0.25, 0.3) is 0 Å². The van der Waals surface area contributed by atoms with Crippen LogP contribution in [0.3, 0.4) is 0 Å². The molecule has 5 nitrogen and oxygen atoms in total. The molecule has 1 amide bonds. The van der Waals surface area contributed by atoms with Gasteiger partial charge in [0.05, 0.1) is 11.4 Å². The molecule has 1 aromatic rings. The van der Waals surface area contributed by atoms with E-state index in [0.717, 1.165) is 43.0 Å². The third kappa shape index (κ3) is 4.61. The highest BCUT2D eigenvalue weighted by molar-refractivity contribution is 5.68. The van der Waals surface area contributed by atoms with E-state index in [0.29, 0.717) is 6.04 Å². The van der Waals surface area contributed by atoms with E-state index in [-0.39, 0.29) is 6.09 Å². The van der Waals surface area contributed by atoms with Crippen molar-refractivity contribution < 1.29 is 9.53 Å². The molecule has 122 valence electrons. The van der Waals surface area contributed by atoms with E-state index >= 15 is 0 Å². The zero-order valence-corrected chi connectivity index (χ0v) is 14.3. The molecule has 1 aromatic heterocycles. The molecule has 1 N–H and O–H groups in total. The van der Waals surface area contributed by atoms with Crippen LogP contribution in [-0.4, -0.2) is 40.7 Å². The fourth-order valence-electron chi connectivity index (χ4n) is 2.59. The third-order valence-corrected chi connectivity index (χ3v) is 3.73. The van der Waals surface area contributed by atoms with Gasteiger partial charge in [0.1, 0.15) is 5.60 Å². The van der Waals surface area contributed by atoms with Crippen molar-refractivity contribution in [1.82, 2.24) is 9.88 Å². The lowest BCUT2D eigenvalue weighted by Gasteiger charge is -2.34. The first kappa shape index (κ1) is 16.6. The summed E-state index contributed by atoms with van der Waals surface area (Å²) in [6.45, 7) is 11.2. The number of aryl methyl sites for hydroxylation is 2. The largest absolute Gasteiger partial charge is 0.444 e. The minimum atomic E-state index is -0.434. The summed E-state index contributed by atoms with van der Waals surface area (Å²) in [6, 6.07) is 4.48. The minimum Gasteiger partial charge on any atom is -0.444 e. The van der Waals surface area contributed by atoms with E-state index in [4.69, 9.17) is 4.74 Å². The molecule has 0 aliphatic carbocycles. The Bertz CT molecular complexity index is 529. The lowest BCUT2D eigenvalue weighted by Crippen LogP contribution is -2.44. The van der Waals surface area contributed by atoms with Crippen molar-refractivity contribution in [2.24, 2.45) is 0 Å². The van der Waals surface area contributed by atoms with Gasteiger partial charge < -0.3 is 15.0 Å². The van der Waals surface area contributed by atoms with Gasteiger partial charge in [-0.2, -0.15) is 0 Å². The van der Waals surface area contributed by atoms with Gasteiger partial charge >= 0.3 is 6.09 Å². The van der Waals surface area contributed by atoms with Gasteiger partial charge in [-0.25, -0.2) is 4.79 Å². The number of nitrogens with zero attached hydrogens (tertiary/aromatic N) is 2. The summed E-state index contributed by atoms with van der Waals surface area (Å²) in [7, 11) is 0. The van der Waals surface area contributed by atoms with Crippen molar-refractivity contribution in [2.45, 2.75) is 59.1 Å². The first-order valence-corrected chi connectivity index (χ1v) is 7.93. The van der Waals surface area contributed by atoms with Crippen LogP contribution in [0.25, 0.3) is 0 Å². The van der Waals surface area contributed by atoms with Crippen LogP contribution in [-0.2, 0) is 4.74 Å². The average Bonchev–Trinajstić information content (AvgIpc) is 2.41. The summed E-state index contributed by atoms with van der Waals surface area (Å²) in [5.41, 5.74) is 2.70. The number of carbonyl (C=O) groups excluding carboxylic acids is 1. The van der Waals surface area contributed by atoms with Gasteiger partial charge in [-0.15, -0.1) is 0 Å². The number of nitrogens with one attached hydrogen (secondary N) is 1. The summed E-state index contributed by atoms with van der Waals surface area (Å²) in [5, 5.41) is 3.54. The van der Waals surface area contributed by atoms with Crippen molar-refractivity contribution >= 4 is 11.8 Å². The molecule has 1 aliphatic rings. The van der Waals surface area contributed by atoms with Crippen molar-refractivity contribution in [1.29, 1.82) is 0 Å². The van der Waals surface area contributed by atoms with Crippen molar-refractivity contribution in [3.05, 3.63) is 23.5 Å². The van der Waals surface area contributed by atoms with E-state index < -0.39 is 5.60 Å². The first-order chi connectivity index (χ1) is 10.2. The summed E-state index contributed by atoms with van der Waals surface area (Å²) < 4.78 is 5.42. The second-order valence-electron chi connectivity index (χ2n) is 6.97. The minimum absolute atomic E-state index is 0.209. The second kappa shape index (κ2) is 6.55. The molecule has 0 aromatic carbocycles. The maximum atomic E-state index is 12.0. The van der Waals surface area contributed by atoms with Gasteiger partial charge in [-0.1, -0.05) is 0 Å². The molecule has 2 heterocycles. The molecule has 0 atom stereocenters. The molecule has 5 heteroatoms. The topological polar surface area (TPSA) is 54.5 Å². The van der Waals surface area contributed by atoms with E-state index in [9.17, 15) is 4.79 Å². The van der Waals surface area contributed by atoms with Gasteiger partial charge in [-0.3, -0.25) is 4.98 Å². The van der Waals surface area contributed by atoms with Crippen molar-refractivity contribution in [2.75, 3.05) is 18.4 Å². The number of hydrogen-bond acceptors (Lipinski definition) is 4. The summed E-state index contributed by atoms with van der Waals surface area (Å²) in [4.78, 5) is 18.3. The van der Waals surface area contributed by atoms with Crippen LogP contribution in [0, 0.1) is 13.8 Å². The van der Waals surface area contributed by atoms with E-state index in [2.05, 4.69) is 16.4 Å². The number of anilines is 1. The maximum absolute atomic E-state index is 12.0. The number of ether oxygens (including phenoxy) is 1. The molecular weight excluding hydrogens is 278 g/mol. The number of carbonyl (C=O) groups is 1. The quantitative estimate of drug-likeness (QED) is 0.908. The maximum Gasteiger partial charge on any atom is 0.410 e.